The Morgan fingerprint density at radius 1 is 1.00 bits per heavy atom. The summed E-state index contributed by atoms with van der Waals surface area (Å²) >= 11 is 0. The van der Waals surface area contributed by atoms with Crippen LogP contribution in [0.3, 0.4) is 0 Å². The van der Waals surface area contributed by atoms with Gasteiger partial charge in [0.05, 0.1) is 0 Å². The molecule has 0 aliphatic heterocycles. The molecule has 0 aliphatic carbocycles. The van der Waals surface area contributed by atoms with Crippen LogP contribution < -0.4 is 10.6 Å². The van der Waals surface area contributed by atoms with Crippen LogP contribution >= 0.6 is 0 Å². The van der Waals surface area contributed by atoms with Gasteiger partial charge in [0.1, 0.15) is 6.26 Å². The third-order valence-electron chi connectivity index (χ3n) is 2.69. The summed E-state index contributed by atoms with van der Waals surface area (Å²) in [6, 6.07) is 14.9. The number of urea groups is 1. The maximum Gasteiger partial charge on any atom is 0.324 e. The first kappa shape index (κ1) is 11.3. The van der Waals surface area contributed by atoms with E-state index in [2.05, 4.69) is 20.3 Å². The number of hydrogen-bond donors (Lipinski definition) is 2. The number of anilines is 2. The van der Waals surface area contributed by atoms with Gasteiger partial charge in [-0.1, -0.05) is 35.5 Å². The van der Waals surface area contributed by atoms with Crippen LogP contribution in [0.15, 0.2) is 59.3 Å². The molecule has 19 heavy (non-hydrogen) atoms. The van der Waals surface area contributed by atoms with E-state index in [0.717, 1.165) is 16.5 Å². The quantitative estimate of drug-likeness (QED) is 0.734. The number of rotatable bonds is 2. The van der Waals surface area contributed by atoms with E-state index in [-0.39, 0.29) is 6.03 Å². The van der Waals surface area contributed by atoms with Crippen LogP contribution in [0.2, 0.25) is 0 Å². The Bertz CT molecular complexity index is 708. The van der Waals surface area contributed by atoms with Gasteiger partial charge in [-0.25, -0.2) is 4.79 Å². The molecule has 1 aromatic heterocycles. The molecule has 0 radical (unpaired) electrons. The lowest BCUT2D eigenvalue weighted by Gasteiger charge is -2.06. The van der Waals surface area contributed by atoms with Crippen LogP contribution in [0.4, 0.5) is 16.3 Å². The molecule has 5 nitrogen and oxygen atoms in total. The van der Waals surface area contributed by atoms with E-state index in [0.29, 0.717) is 5.82 Å². The van der Waals surface area contributed by atoms with Gasteiger partial charge in [0.2, 0.25) is 0 Å². The summed E-state index contributed by atoms with van der Waals surface area (Å²) in [6.07, 6.45) is 1.39. The van der Waals surface area contributed by atoms with Crippen molar-refractivity contribution in [1.82, 2.24) is 5.16 Å². The van der Waals surface area contributed by atoms with Crippen molar-refractivity contribution in [3.05, 3.63) is 54.8 Å². The molecule has 0 aliphatic rings. The van der Waals surface area contributed by atoms with Gasteiger partial charge >= 0.3 is 6.03 Å². The number of carbonyl (C=O) groups is 1. The first-order valence-electron chi connectivity index (χ1n) is 5.78. The Hall–Kier alpha value is -2.82. The average molecular weight is 253 g/mol. The summed E-state index contributed by atoms with van der Waals surface area (Å²) in [5.74, 6) is 0.373. The molecule has 2 aromatic carbocycles. The van der Waals surface area contributed by atoms with Gasteiger partial charge in [-0.2, -0.15) is 0 Å². The molecule has 0 saturated carbocycles. The smallest absolute Gasteiger partial charge is 0.324 e. The number of hydrogen-bond acceptors (Lipinski definition) is 3. The first-order valence-corrected chi connectivity index (χ1v) is 5.78. The van der Waals surface area contributed by atoms with Crippen molar-refractivity contribution in [2.45, 2.75) is 0 Å². The number of nitrogens with zero attached hydrogens (tertiary/aromatic N) is 1. The lowest BCUT2D eigenvalue weighted by molar-refractivity contribution is 0.262. The van der Waals surface area contributed by atoms with Crippen LogP contribution in [0.25, 0.3) is 10.8 Å². The predicted molar refractivity (Wildman–Crippen MR) is 73.1 cm³/mol. The van der Waals surface area contributed by atoms with Gasteiger partial charge in [0, 0.05) is 11.8 Å². The fourth-order valence-electron chi connectivity index (χ4n) is 1.82. The highest BCUT2D eigenvalue weighted by Gasteiger charge is 2.04. The molecular formula is C14H11N3O2. The van der Waals surface area contributed by atoms with Crippen LogP contribution in [-0.4, -0.2) is 11.2 Å². The second-order valence-corrected chi connectivity index (χ2v) is 4.03. The molecule has 2 N–H and O–H groups in total. The predicted octanol–water partition coefficient (Wildman–Crippen LogP) is 3.47. The second kappa shape index (κ2) is 4.81. The number of fused-ring (bicyclic) bond motifs is 1. The molecule has 0 bridgehead atoms. The Kier molecular flexibility index (Phi) is 2.86. The maximum absolute atomic E-state index is 11.7. The Morgan fingerprint density at radius 3 is 2.63 bits per heavy atom. The van der Waals surface area contributed by atoms with Crippen molar-refractivity contribution in [3.8, 4) is 0 Å². The fraction of sp³-hybridized carbons (Fsp3) is 0. The van der Waals surface area contributed by atoms with Crippen LogP contribution in [0.1, 0.15) is 0 Å². The standard InChI is InChI=1S/C14H11N3O2/c18-14(16-13-7-8-19-17-13)15-12-6-5-10-3-1-2-4-11(10)9-12/h1-9H,(H2,15,16,17,18). The van der Waals surface area contributed by atoms with Crippen LogP contribution in [0, 0.1) is 0 Å². The molecule has 5 heteroatoms. The lowest BCUT2D eigenvalue weighted by atomic mass is 10.1. The van der Waals surface area contributed by atoms with Gasteiger partial charge in [-0.15, -0.1) is 0 Å². The molecule has 0 spiro atoms. The first-order chi connectivity index (χ1) is 9.31. The Morgan fingerprint density at radius 2 is 1.84 bits per heavy atom. The van der Waals surface area contributed by atoms with Gasteiger partial charge in [-0.3, -0.25) is 5.32 Å². The molecule has 1 heterocycles. The largest absolute Gasteiger partial charge is 0.363 e. The van der Waals surface area contributed by atoms with E-state index >= 15 is 0 Å². The van der Waals surface area contributed by atoms with E-state index in [1.54, 1.807) is 6.07 Å². The molecule has 3 aromatic rings. The third-order valence-corrected chi connectivity index (χ3v) is 2.69. The summed E-state index contributed by atoms with van der Waals surface area (Å²) < 4.78 is 4.63. The number of benzene rings is 2. The molecule has 3 rings (SSSR count). The van der Waals surface area contributed by atoms with Crippen molar-refractivity contribution in [2.24, 2.45) is 0 Å². The number of amides is 2. The SMILES string of the molecule is O=C(Nc1ccc2ccccc2c1)Nc1ccon1. The highest BCUT2D eigenvalue weighted by Crippen LogP contribution is 2.18. The number of nitrogens with one attached hydrogen (secondary N) is 2. The van der Waals surface area contributed by atoms with E-state index in [1.807, 2.05) is 42.5 Å². The summed E-state index contributed by atoms with van der Waals surface area (Å²) in [5, 5.41) is 11.1. The minimum absolute atomic E-state index is 0.357. The number of aromatic nitrogens is 1. The van der Waals surface area contributed by atoms with E-state index in [1.165, 1.54) is 6.26 Å². The zero-order valence-electron chi connectivity index (χ0n) is 9.96. The van der Waals surface area contributed by atoms with Crippen molar-refractivity contribution in [3.63, 3.8) is 0 Å². The maximum atomic E-state index is 11.7. The second-order valence-electron chi connectivity index (χ2n) is 4.03. The van der Waals surface area contributed by atoms with Crippen LogP contribution in [-0.2, 0) is 0 Å². The average Bonchev–Trinajstić information content (AvgIpc) is 2.91. The monoisotopic (exact) mass is 253 g/mol. The van der Waals surface area contributed by atoms with E-state index in [4.69, 9.17) is 0 Å². The molecule has 94 valence electrons. The van der Waals surface area contributed by atoms with Crippen molar-refractivity contribution < 1.29 is 9.32 Å². The van der Waals surface area contributed by atoms with E-state index < -0.39 is 0 Å². The Balaban J connectivity index is 1.75. The zero-order valence-corrected chi connectivity index (χ0v) is 9.96. The molecule has 0 fully saturated rings. The third kappa shape index (κ3) is 2.55. The highest BCUT2D eigenvalue weighted by molar-refractivity contribution is 6.00. The summed E-state index contributed by atoms with van der Waals surface area (Å²) in [4.78, 5) is 11.7. The van der Waals surface area contributed by atoms with E-state index in [9.17, 15) is 4.79 Å². The summed E-state index contributed by atoms with van der Waals surface area (Å²) in [5.41, 5.74) is 0.722. The Labute approximate surface area is 109 Å². The molecule has 2 amide bonds. The highest BCUT2D eigenvalue weighted by atomic mass is 16.5. The summed E-state index contributed by atoms with van der Waals surface area (Å²) in [7, 11) is 0. The van der Waals surface area contributed by atoms with Crippen molar-refractivity contribution >= 4 is 28.3 Å². The summed E-state index contributed by atoms with van der Waals surface area (Å²) in [6.45, 7) is 0. The lowest BCUT2D eigenvalue weighted by Crippen LogP contribution is -2.19. The van der Waals surface area contributed by atoms with Gasteiger partial charge < -0.3 is 9.84 Å². The topological polar surface area (TPSA) is 67.2 Å². The zero-order chi connectivity index (χ0) is 13.1. The number of carbonyl (C=O) groups excluding carboxylic acids is 1. The minimum Gasteiger partial charge on any atom is -0.363 e. The fourth-order valence-corrected chi connectivity index (χ4v) is 1.82. The molecule has 0 saturated heterocycles. The van der Waals surface area contributed by atoms with Crippen molar-refractivity contribution in [2.75, 3.05) is 10.6 Å². The normalized spacial score (nSPS) is 10.3. The van der Waals surface area contributed by atoms with Crippen LogP contribution in [0.5, 0.6) is 0 Å². The minimum atomic E-state index is -0.357. The van der Waals surface area contributed by atoms with Crippen molar-refractivity contribution in [1.29, 1.82) is 0 Å². The molecular weight excluding hydrogens is 242 g/mol. The van der Waals surface area contributed by atoms with Gasteiger partial charge in [0.15, 0.2) is 5.82 Å². The van der Waals surface area contributed by atoms with Gasteiger partial charge in [0.25, 0.3) is 0 Å². The van der Waals surface area contributed by atoms with Gasteiger partial charge in [-0.05, 0) is 22.9 Å². The molecule has 0 unspecified atom stereocenters. The molecule has 0 atom stereocenters.